The van der Waals surface area contributed by atoms with Crippen LogP contribution in [0.5, 0.6) is 0 Å². The van der Waals surface area contributed by atoms with Gasteiger partial charge in [-0.05, 0) is 54.9 Å². The third kappa shape index (κ3) is 5.60. The fourth-order valence-corrected chi connectivity index (χ4v) is 4.11. The second-order valence-electron chi connectivity index (χ2n) is 8.89. The summed E-state index contributed by atoms with van der Waals surface area (Å²) < 4.78 is 28.0. The molecule has 0 aromatic heterocycles. The minimum absolute atomic E-state index is 0.00412. The maximum atomic E-state index is 14.5. The highest BCUT2D eigenvalue weighted by molar-refractivity contribution is 6.30. The van der Waals surface area contributed by atoms with Gasteiger partial charge in [0.1, 0.15) is 17.5 Å². The van der Waals surface area contributed by atoms with Gasteiger partial charge in [0.2, 0.25) is 0 Å². The molecular formula is C23H27ClF2N4O. The molecule has 1 aliphatic heterocycles. The van der Waals surface area contributed by atoms with Crippen LogP contribution < -0.4 is 5.32 Å². The van der Waals surface area contributed by atoms with Gasteiger partial charge in [-0.2, -0.15) is 0 Å². The number of hydrogen-bond acceptors (Lipinski definition) is 4. The quantitative estimate of drug-likeness (QED) is 0.356. The van der Waals surface area contributed by atoms with Crippen molar-refractivity contribution in [3.63, 3.8) is 0 Å². The predicted molar refractivity (Wildman–Crippen MR) is 122 cm³/mol. The average Bonchev–Trinajstić information content (AvgIpc) is 3.12. The molecule has 31 heavy (non-hydrogen) atoms. The monoisotopic (exact) mass is 448 g/mol. The van der Waals surface area contributed by atoms with Crippen molar-refractivity contribution in [2.75, 3.05) is 32.5 Å². The van der Waals surface area contributed by atoms with E-state index in [0.29, 0.717) is 46.9 Å². The van der Waals surface area contributed by atoms with E-state index in [0.717, 1.165) is 6.54 Å². The molecule has 0 radical (unpaired) electrons. The van der Waals surface area contributed by atoms with E-state index in [4.69, 9.17) is 11.6 Å². The zero-order chi connectivity index (χ0) is 22.8. The van der Waals surface area contributed by atoms with Crippen LogP contribution in [-0.4, -0.2) is 48.8 Å². The second kappa shape index (κ2) is 9.32. The van der Waals surface area contributed by atoms with Gasteiger partial charge in [-0.3, -0.25) is 4.99 Å². The van der Waals surface area contributed by atoms with Crippen LogP contribution >= 0.6 is 11.6 Å². The summed E-state index contributed by atoms with van der Waals surface area (Å²) in [5, 5.41) is 16.2. The molecule has 2 aromatic rings. The molecule has 166 valence electrons. The highest BCUT2D eigenvalue weighted by atomic mass is 35.5. The van der Waals surface area contributed by atoms with Crippen LogP contribution in [0.25, 0.3) is 0 Å². The maximum absolute atomic E-state index is 14.5. The molecule has 0 saturated heterocycles. The number of nitrogens with zero attached hydrogens (tertiary/aromatic N) is 3. The van der Waals surface area contributed by atoms with Crippen molar-refractivity contribution in [2.45, 2.75) is 26.7 Å². The van der Waals surface area contributed by atoms with Gasteiger partial charge >= 0.3 is 0 Å². The first-order valence-electron chi connectivity index (χ1n) is 10.0. The highest BCUT2D eigenvalue weighted by Gasteiger charge is 2.26. The molecule has 8 heteroatoms. The fourth-order valence-electron chi connectivity index (χ4n) is 3.90. The van der Waals surface area contributed by atoms with Crippen molar-refractivity contribution in [2.24, 2.45) is 15.6 Å². The summed E-state index contributed by atoms with van der Waals surface area (Å²) >= 11 is 5.87. The van der Waals surface area contributed by atoms with Crippen molar-refractivity contribution in [1.82, 2.24) is 4.90 Å². The number of fused-ring (bicyclic) bond motifs is 1. The van der Waals surface area contributed by atoms with Crippen LogP contribution in [0, 0.1) is 17.0 Å². The Kier molecular flexibility index (Phi) is 6.96. The van der Waals surface area contributed by atoms with Crippen LogP contribution in [0.1, 0.15) is 30.5 Å². The number of amidine groups is 1. The number of halogens is 3. The summed E-state index contributed by atoms with van der Waals surface area (Å²) in [6.07, 6.45) is 0.626. The van der Waals surface area contributed by atoms with Crippen LogP contribution in [0.15, 0.2) is 40.5 Å². The molecule has 0 bridgehead atoms. The summed E-state index contributed by atoms with van der Waals surface area (Å²) in [6, 6.07) is 7.26. The fraction of sp³-hybridized carbons (Fsp3) is 0.391. The highest BCUT2D eigenvalue weighted by Crippen LogP contribution is 2.31. The van der Waals surface area contributed by atoms with Gasteiger partial charge in [-0.25, -0.2) is 8.78 Å². The number of anilines is 1. The zero-order valence-corrected chi connectivity index (χ0v) is 18.9. The molecule has 3 rings (SSSR count). The van der Waals surface area contributed by atoms with Gasteiger partial charge < -0.3 is 15.4 Å². The standard InChI is InChI=1S/C23H27ClF2N4O/c1-23(2,13-30(3)4)12-27-21-11-16-15(6-8-19(26)22(16)28-21)20(29-31)10-14-5-7-18(25)17(24)9-14/h5-9,31H,10-13H2,1-4H3,(H,27,28)/b29-20+. The minimum Gasteiger partial charge on any atom is -0.411 e. The van der Waals surface area contributed by atoms with Gasteiger partial charge in [0.15, 0.2) is 0 Å². The SMILES string of the molecule is CN(C)CC(C)(C)CN=C1Cc2c(/C(Cc3ccc(F)c(Cl)c3)=N/O)ccc(F)c2N1. The molecule has 1 heterocycles. The van der Waals surface area contributed by atoms with Crippen molar-refractivity contribution < 1.29 is 14.0 Å². The van der Waals surface area contributed by atoms with E-state index in [-0.39, 0.29) is 16.9 Å². The molecule has 0 aliphatic carbocycles. The first-order chi connectivity index (χ1) is 14.6. The van der Waals surface area contributed by atoms with Gasteiger partial charge in [-0.15, -0.1) is 0 Å². The lowest BCUT2D eigenvalue weighted by molar-refractivity contribution is 0.249. The zero-order valence-electron chi connectivity index (χ0n) is 18.1. The summed E-state index contributed by atoms with van der Waals surface area (Å²) in [4.78, 5) is 6.80. The summed E-state index contributed by atoms with van der Waals surface area (Å²) in [7, 11) is 4.04. The Morgan fingerprint density at radius 2 is 1.90 bits per heavy atom. The Balaban J connectivity index is 1.85. The lowest BCUT2D eigenvalue weighted by Crippen LogP contribution is -2.31. The van der Waals surface area contributed by atoms with E-state index in [2.05, 4.69) is 34.2 Å². The Morgan fingerprint density at radius 3 is 2.55 bits per heavy atom. The Hall–Kier alpha value is -2.51. The molecule has 0 unspecified atom stereocenters. The largest absolute Gasteiger partial charge is 0.411 e. The van der Waals surface area contributed by atoms with Gasteiger partial charge in [0, 0.05) is 31.5 Å². The molecule has 1 aliphatic rings. The minimum atomic E-state index is -0.516. The molecule has 2 aromatic carbocycles. The van der Waals surface area contributed by atoms with E-state index in [9.17, 15) is 14.0 Å². The van der Waals surface area contributed by atoms with E-state index >= 15 is 0 Å². The second-order valence-corrected chi connectivity index (χ2v) is 9.29. The molecule has 0 atom stereocenters. The number of benzene rings is 2. The first kappa shape index (κ1) is 23.2. The molecule has 2 N–H and O–H groups in total. The number of nitrogens with one attached hydrogen (secondary N) is 1. The van der Waals surface area contributed by atoms with Crippen molar-refractivity contribution in [3.05, 3.63) is 63.7 Å². The molecule has 0 fully saturated rings. The predicted octanol–water partition coefficient (Wildman–Crippen LogP) is 4.99. The lowest BCUT2D eigenvalue weighted by atomic mass is 9.93. The third-order valence-corrected chi connectivity index (χ3v) is 5.39. The smallest absolute Gasteiger partial charge is 0.147 e. The van der Waals surface area contributed by atoms with Crippen molar-refractivity contribution in [3.8, 4) is 0 Å². The summed E-state index contributed by atoms with van der Waals surface area (Å²) in [6.45, 7) is 5.73. The van der Waals surface area contributed by atoms with E-state index in [1.807, 2.05) is 14.1 Å². The van der Waals surface area contributed by atoms with Crippen LogP contribution in [0.4, 0.5) is 14.5 Å². The van der Waals surface area contributed by atoms with Crippen molar-refractivity contribution >= 4 is 28.8 Å². The lowest BCUT2D eigenvalue weighted by Gasteiger charge is -2.26. The van der Waals surface area contributed by atoms with Crippen LogP contribution in [-0.2, 0) is 12.8 Å². The van der Waals surface area contributed by atoms with Gasteiger partial charge in [0.25, 0.3) is 0 Å². The molecule has 0 spiro atoms. The van der Waals surface area contributed by atoms with Crippen molar-refractivity contribution in [1.29, 1.82) is 0 Å². The number of rotatable bonds is 7. The Bertz CT molecular complexity index is 1030. The maximum Gasteiger partial charge on any atom is 0.147 e. The Labute approximate surface area is 186 Å². The number of hydrogen-bond donors (Lipinski definition) is 2. The topological polar surface area (TPSA) is 60.2 Å². The third-order valence-electron chi connectivity index (χ3n) is 5.10. The van der Waals surface area contributed by atoms with Crippen LogP contribution in [0.2, 0.25) is 5.02 Å². The van der Waals surface area contributed by atoms with E-state index < -0.39 is 11.6 Å². The number of oxime groups is 1. The first-order valence-corrected chi connectivity index (χ1v) is 10.4. The molecular weight excluding hydrogens is 422 g/mol. The normalized spacial score (nSPS) is 15.5. The molecule has 0 saturated carbocycles. The molecule has 0 amide bonds. The number of aliphatic imine (C=N–C) groups is 1. The molecule has 5 nitrogen and oxygen atoms in total. The van der Waals surface area contributed by atoms with E-state index in [1.54, 1.807) is 12.1 Å². The summed E-state index contributed by atoms with van der Waals surface area (Å²) in [5.74, 6) is -0.230. The van der Waals surface area contributed by atoms with Crippen LogP contribution in [0.3, 0.4) is 0 Å². The van der Waals surface area contributed by atoms with Gasteiger partial charge in [0.05, 0.1) is 16.4 Å². The van der Waals surface area contributed by atoms with E-state index in [1.165, 1.54) is 18.2 Å². The average molecular weight is 449 g/mol. The Morgan fingerprint density at radius 1 is 1.19 bits per heavy atom. The summed E-state index contributed by atoms with van der Waals surface area (Å²) in [5.41, 5.74) is 2.64. The van der Waals surface area contributed by atoms with Gasteiger partial charge in [-0.1, -0.05) is 36.7 Å².